The van der Waals surface area contributed by atoms with Gasteiger partial charge in [0.2, 0.25) is 0 Å². The van der Waals surface area contributed by atoms with E-state index in [9.17, 15) is 4.79 Å². The Labute approximate surface area is 127 Å². The largest absolute Gasteiger partial charge is 0.378 e. The Bertz CT molecular complexity index is 594. The van der Waals surface area contributed by atoms with E-state index in [0.29, 0.717) is 10.9 Å². The molecule has 1 amide bonds. The van der Waals surface area contributed by atoms with E-state index in [1.54, 1.807) is 0 Å². The van der Waals surface area contributed by atoms with Crippen molar-refractivity contribution >= 4 is 33.2 Å². The number of hydrogen-bond donors (Lipinski definition) is 1. The molecule has 0 aliphatic rings. The van der Waals surface area contributed by atoms with Crippen LogP contribution in [0.25, 0.3) is 0 Å². The van der Waals surface area contributed by atoms with Gasteiger partial charge in [0.25, 0.3) is 5.91 Å². The predicted molar refractivity (Wildman–Crippen MR) is 87.8 cm³/mol. The highest BCUT2D eigenvalue weighted by molar-refractivity contribution is 9.08. The minimum Gasteiger partial charge on any atom is -0.378 e. The molecule has 0 heterocycles. The molecule has 2 aromatic rings. The second kappa shape index (κ2) is 6.57. The van der Waals surface area contributed by atoms with Gasteiger partial charge in [-0.25, -0.2) is 0 Å². The van der Waals surface area contributed by atoms with E-state index >= 15 is 0 Å². The van der Waals surface area contributed by atoms with Crippen molar-refractivity contribution < 1.29 is 4.79 Å². The van der Waals surface area contributed by atoms with E-state index in [1.165, 1.54) is 0 Å². The quantitative estimate of drug-likeness (QED) is 0.861. The smallest absolute Gasteiger partial charge is 0.255 e. The van der Waals surface area contributed by atoms with E-state index in [4.69, 9.17) is 0 Å². The zero-order valence-electron chi connectivity index (χ0n) is 11.6. The second-order valence-electron chi connectivity index (χ2n) is 4.69. The molecule has 2 rings (SSSR count). The average molecular weight is 333 g/mol. The van der Waals surface area contributed by atoms with Gasteiger partial charge in [-0.1, -0.05) is 34.1 Å². The number of alkyl halides is 1. The van der Waals surface area contributed by atoms with Crippen LogP contribution in [0.1, 0.15) is 15.9 Å². The van der Waals surface area contributed by atoms with Crippen molar-refractivity contribution in [2.75, 3.05) is 24.3 Å². The van der Waals surface area contributed by atoms with Crippen LogP contribution < -0.4 is 10.2 Å². The molecular weight excluding hydrogens is 316 g/mol. The highest BCUT2D eigenvalue weighted by Gasteiger charge is 2.08. The maximum absolute atomic E-state index is 12.2. The lowest BCUT2D eigenvalue weighted by atomic mass is 10.1. The topological polar surface area (TPSA) is 32.3 Å². The molecule has 2 aromatic carbocycles. The lowest BCUT2D eigenvalue weighted by molar-refractivity contribution is 0.102. The molecule has 0 bridgehead atoms. The summed E-state index contributed by atoms with van der Waals surface area (Å²) < 4.78 is 0. The van der Waals surface area contributed by atoms with Crippen LogP contribution in [-0.2, 0) is 5.33 Å². The molecule has 0 spiro atoms. The molecule has 0 radical (unpaired) electrons. The molecule has 4 heteroatoms. The summed E-state index contributed by atoms with van der Waals surface area (Å²) in [5.74, 6) is -0.0938. The normalized spacial score (nSPS) is 10.2. The fraction of sp³-hybridized carbons (Fsp3) is 0.188. The Balaban J connectivity index is 2.15. The third-order valence-electron chi connectivity index (χ3n) is 3.06. The van der Waals surface area contributed by atoms with Crippen LogP contribution >= 0.6 is 15.9 Å². The van der Waals surface area contributed by atoms with Gasteiger partial charge >= 0.3 is 0 Å². The zero-order valence-corrected chi connectivity index (χ0v) is 13.1. The number of anilines is 2. The van der Waals surface area contributed by atoms with Crippen molar-refractivity contribution in [3.63, 3.8) is 0 Å². The number of carbonyl (C=O) groups excluding carboxylic acids is 1. The first-order valence-corrected chi connectivity index (χ1v) is 7.46. The van der Waals surface area contributed by atoms with E-state index < -0.39 is 0 Å². The first-order valence-electron chi connectivity index (χ1n) is 6.34. The number of nitrogens with one attached hydrogen (secondary N) is 1. The molecule has 0 unspecified atom stereocenters. The number of rotatable bonds is 4. The highest BCUT2D eigenvalue weighted by atomic mass is 79.9. The Morgan fingerprint density at radius 1 is 1.10 bits per heavy atom. The van der Waals surface area contributed by atoms with Crippen molar-refractivity contribution in [3.8, 4) is 0 Å². The van der Waals surface area contributed by atoms with E-state index in [-0.39, 0.29) is 5.91 Å². The summed E-state index contributed by atoms with van der Waals surface area (Å²) >= 11 is 3.42. The van der Waals surface area contributed by atoms with Gasteiger partial charge in [-0.15, -0.1) is 0 Å². The van der Waals surface area contributed by atoms with Gasteiger partial charge in [0, 0.05) is 36.4 Å². The van der Waals surface area contributed by atoms with Crippen LogP contribution in [0.15, 0.2) is 48.5 Å². The Morgan fingerprint density at radius 3 is 2.35 bits per heavy atom. The molecule has 3 nitrogen and oxygen atoms in total. The SMILES string of the molecule is CN(C)c1ccc(C(=O)Nc2ccccc2CBr)cc1. The number of nitrogens with zero attached hydrogens (tertiary/aromatic N) is 1. The maximum Gasteiger partial charge on any atom is 0.255 e. The summed E-state index contributed by atoms with van der Waals surface area (Å²) in [4.78, 5) is 14.2. The van der Waals surface area contributed by atoms with Crippen molar-refractivity contribution in [2.24, 2.45) is 0 Å². The summed E-state index contributed by atoms with van der Waals surface area (Å²) in [6.07, 6.45) is 0. The van der Waals surface area contributed by atoms with E-state index in [2.05, 4.69) is 21.2 Å². The van der Waals surface area contributed by atoms with Gasteiger partial charge in [0.05, 0.1) is 0 Å². The standard InChI is InChI=1S/C16H17BrN2O/c1-19(2)14-9-7-12(8-10-14)16(20)18-15-6-4-3-5-13(15)11-17/h3-10H,11H2,1-2H3,(H,18,20). The van der Waals surface area contributed by atoms with E-state index in [1.807, 2.05) is 67.5 Å². The molecule has 0 saturated heterocycles. The van der Waals surface area contributed by atoms with Gasteiger partial charge in [-0.2, -0.15) is 0 Å². The van der Waals surface area contributed by atoms with E-state index in [0.717, 1.165) is 16.9 Å². The zero-order chi connectivity index (χ0) is 14.5. The Kier molecular flexibility index (Phi) is 4.79. The molecule has 0 atom stereocenters. The van der Waals surface area contributed by atoms with Gasteiger partial charge < -0.3 is 10.2 Å². The number of amides is 1. The highest BCUT2D eigenvalue weighted by Crippen LogP contribution is 2.19. The minimum atomic E-state index is -0.0938. The second-order valence-corrected chi connectivity index (χ2v) is 5.25. The molecule has 0 aliphatic carbocycles. The van der Waals surface area contributed by atoms with Crippen molar-refractivity contribution in [2.45, 2.75) is 5.33 Å². The third kappa shape index (κ3) is 3.39. The molecule has 0 aromatic heterocycles. The lowest BCUT2D eigenvalue weighted by Gasteiger charge is -2.13. The number of para-hydroxylation sites is 1. The molecular formula is C16H17BrN2O. The van der Waals surface area contributed by atoms with Crippen molar-refractivity contribution in [3.05, 3.63) is 59.7 Å². The number of halogens is 1. The van der Waals surface area contributed by atoms with Crippen LogP contribution in [0.4, 0.5) is 11.4 Å². The van der Waals surface area contributed by atoms with Crippen LogP contribution in [0, 0.1) is 0 Å². The molecule has 104 valence electrons. The van der Waals surface area contributed by atoms with Gasteiger partial charge in [-0.05, 0) is 35.9 Å². The molecule has 0 aliphatic heterocycles. The van der Waals surface area contributed by atoms with Crippen LogP contribution in [0.5, 0.6) is 0 Å². The minimum absolute atomic E-state index is 0.0938. The summed E-state index contributed by atoms with van der Waals surface area (Å²) in [5.41, 5.74) is 3.62. The molecule has 0 fully saturated rings. The van der Waals surface area contributed by atoms with Crippen LogP contribution in [-0.4, -0.2) is 20.0 Å². The molecule has 20 heavy (non-hydrogen) atoms. The van der Waals surface area contributed by atoms with Crippen molar-refractivity contribution in [1.29, 1.82) is 0 Å². The monoisotopic (exact) mass is 332 g/mol. The fourth-order valence-electron chi connectivity index (χ4n) is 1.86. The number of benzene rings is 2. The fourth-order valence-corrected chi connectivity index (χ4v) is 2.35. The van der Waals surface area contributed by atoms with Gasteiger partial charge in [-0.3, -0.25) is 4.79 Å². The third-order valence-corrected chi connectivity index (χ3v) is 3.66. The number of carbonyl (C=O) groups is 1. The van der Waals surface area contributed by atoms with Gasteiger partial charge in [0.1, 0.15) is 0 Å². The number of hydrogen-bond acceptors (Lipinski definition) is 2. The Hall–Kier alpha value is -1.81. The van der Waals surface area contributed by atoms with Gasteiger partial charge in [0.15, 0.2) is 0 Å². The molecule has 1 N–H and O–H groups in total. The average Bonchev–Trinajstić information content (AvgIpc) is 2.48. The first-order chi connectivity index (χ1) is 9.61. The lowest BCUT2D eigenvalue weighted by Crippen LogP contribution is -2.14. The maximum atomic E-state index is 12.2. The van der Waals surface area contributed by atoms with Crippen molar-refractivity contribution in [1.82, 2.24) is 0 Å². The summed E-state index contributed by atoms with van der Waals surface area (Å²) in [6, 6.07) is 15.3. The first kappa shape index (κ1) is 14.6. The van der Waals surface area contributed by atoms with Crippen LogP contribution in [0.3, 0.4) is 0 Å². The van der Waals surface area contributed by atoms with Crippen LogP contribution in [0.2, 0.25) is 0 Å². The summed E-state index contributed by atoms with van der Waals surface area (Å²) in [5, 5.41) is 3.66. The molecule has 0 saturated carbocycles. The Morgan fingerprint density at radius 2 is 1.75 bits per heavy atom. The predicted octanol–water partition coefficient (Wildman–Crippen LogP) is 3.90. The summed E-state index contributed by atoms with van der Waals surface area (Å²) in [7, 11) is 3.95. The summed E-state index contributed by atoms with van der Waals surface area (Å²) in [6.45, 7) is 0.